The van der Waals surface area contributed by atoms with E-state index in [-0.39, 0.29) is 12.6 Å². The molecule has 0 aliphatic carbocycles. The third-order valence-corrected chi connectivity index (χ3v) is 1.82. The average molecular weight is 192 g/mol. The first kappa shape index (κ1) is 10.4. The molecule has 0 amide bonds. The van der Waals surface area contributed by atoms with Crippen LogP contribution in [0.5, 0.6) is 0 Å². The first-order valence-electron chi connectivity index (χ1n) is 4.40. The van der Waals surface area contributed by atoms with Gasteiger partial charge in [0.05, 0.1) is 12.6 Å². The standard InChI is InChI=1S/C9H12N4O/c1-2-7(6-14)12-9-11-4-3-8(5-10)13-9/h3-4,7,14H,2,6H2,1H3,(H,11,12,13). The zero-order valence-electron chi connectivity index (χ0n) is 7.94. The summed E-state index contributed by atoms with van der Waals surface area (Å²) in [5, 5.41) is 20.5. The second kappa shape index (κ2) is 5.14. The van der Waals surface area contributed by atoms with Crippen LogP contribution in [0.4, 0.5) is 5.95 Å². The van der Waals surface area contributed by atoms with Crippen molar-refractivity contribution in [3.8, 4) is 6.07 Å². The summed E-state index contributed by atoms with van der Waals surface area (Å²) in [5.74, 6) is 0.380. The molecule has 0 saturated heterocycles. The van der Waals surface area contributed by atoms with E-state index >= 15 is 0 Å². The van der Waals surface area contributed by atoms with E-state index in [9.17, 15) is 0 Å². The van der Waals surface area contributed by atoms with E-state index in [2.05, 4.69) is 15.3 Å². The predicted octanol–water partition coefficient (Wildman–Crippen LogP) is 0.531. The smallest absolute Gasteiger partial charge is 0.224 e. The first-order chi connectivity index (χ1) is 6.80. The van der Waals surface area contributed by atoms with Crippen molar-refractivity contribution in [3.05, 3.63) is 18.0 Å². The molecule has 1 atom stereocenters. The van der Waals surface area contributed by atoms with Crippen LogP contribution in [0.15, 0.2) is 12.3 Å². The maximum absolute atomic E-state index is 8.93. The Balaban J connectivity index is 2.72. The Labute approximate surface area is 82.4 Å². The van der Waals surface area contributed by atoms with Crippen LogP contribution in [-0.4, -0.2) is 27.7 Å². The Hall–Kier alpha value is -1.67. The fourth-order valence-corrected chi connectivity index (χ4v) is 0.950. The van der Waals surface area contributed by atoms with Crippen molar-refractivity contribution in [1.29, 1.82) is 5.26 Å². The zero-order chi connectivity index (χ0) is 10.4. The molecule has 5 nitrogen and oxygen atoms in total. The molecule has 0 radical (unpaired) electrons. The van der Waals surface area contributed by atoms with Gasteiger partial charge in [0.1, 0.15) is 11.8 Å². The number of nitriles is 1. The van der Waals surface area contributed by atoms with Crippen LogP contribution >= 0.6 is 0 Å². The van der Waals surface area contributed by atoms with Crippen LogP contribution in [0, 0.1) is 11.3 Å². The Morgan fingerprint density at radius 1 is 1.71 bits per heavy atom. The number of hydrogen-bond acceptors (Lipinski definition) is 5. The highest BCUT2D eigenvalue weighted by molar-refractivity contribution is 5.30. The molecule has 1 heterocycles. The number of anilines is 1. The lowest BCUT2D eigenvalue weighted by molar-refractivity contribution is 0.271. The molecule has 0 bridgehead atoms. The lowest BCUT2D eigenvalue weighted by atomic mass is 10.2. The van der Waals surface area contributed by atoms with Crippen LogP contribution in [0.1, 0.15) is 19.0 Å². The van der Waals surface area contributed by atoms with Crippen LogP contribution in [-0.2, 0) is 0 Å². The summed E-state index contributed by atoms with van der Waals surface area (Å²) in [6, 6.07) is 3.39. The van der Waals surface area contributed by atoms with E-state index in [1.54, 1.807) is 0 Å². The van der Waals surface area contributed by atoms with E-state index in [4.69, 9.17) is 10.4 Å². The minimum atomic E-state index is -0.0658. The quantitative estimate of drug-likeness (QED) is 0.727. The van der Waals surface area contributed by atoms with E-state index in [0.29, 0.717) is 11.6 Å². The van der Waals surface area contributed by atoms with Gasteiger partial charge < -0.3 is 10.4 Å². The van der Waals surface area contributed by atoms with Gasteiger partial charge in [0.15, 0.2) is 0 Å². The summed E-state index contributed by atoms with van der Waals surface area (Å²) >= 11 is 0. The van der Waals surface area contributed by atoms with Crippen molar-refractivity contribution >= 4 is 5.95 Å². The third-order valence-electron chi connectivity index (χ3n) is 1.82. The molecule has 0 saturated carbocycles. The van der Waals surface area contributed by atoms with E-state index < -0.39 is 0 Å². The second-order valence-electron chi connectivity index (χ2n) is 2.81. The van der Waals surface area contributed by atoms with Gasteiger partial charge in [-0.3, -0.25) is 0 Å². The highest BCUT2D eigenvalue weighted by atomic mass is 16.3. The normalized spacial score (nSPS) is 11.8. The number of nitrogens with zero attached hydrogens (tertiary/aromatic N) is 3. The molecule has 0 spiro atoms. The van der Waals surface area contributed by atoms with Gasteiger partial charge in [0, 0.05) is 6.20 Å². The molecular weight excluding hydrogens is 180 g/mol. The molecular formula is C9H12N4O. The van der Waals surface area contributed by atoms with Crippen LogP contribution in [0.2, 0.25) is 0 Å². The highest BCUT2D eigenvalue weighted by Gasteiger charge is 2.05. The van der Waals surface area contributed by atoms with Crippen molar-refractivity contribution < 1.29 is 5.11 Å². The van der Waals surface area contributed by atoms with Crippen molar-refractivity contribution in [3.63, 3.8) is 0 Å². The Bertz CT molecular complexity index is 330. The molecule has 0 aliphatic heterocycles. The van der Waals surface area contributed by atoms with Crippen molar-refractivity contribution in [2.45, 2.75) is 19.4 Å². The molecule has 14 heavy (non-hydrogen) atoms. The minimum absolute atomic E-state index is 0.0244. The number of aliphatic hydroxyl groups excluding tert-OH is 1. The maximum atomic E-state index is 8.93. The monoisotopic (exact) mass is 192 g/mol. The lowest BCUT2D eigenvalue weighted by Gasteiger charge is -2.13. The van der Waals surface area contributed by atoms with Crippen LogP contribution < -0.4 is 5.32 Å². The number of aromatic nitrogens is 2. The topological polar surface area (TPSA) is 81.8 Å². The fraction of sp³-hybridized carbons (Fsp3) is 0.444. The Morgan fingerprint density at radius 3 is 3.07 bits per heavy atom. The summed E-state index contributed by atoms with van der Waals surface area (Å²) in [6.07, 6.45) is 2.29. The summed E-state index contributed by atoms with van der Waals surface area (Å²) in [6.45, 7) is 1.97. The molecule has 1 aromatic heterocycles. The van der Waals surface area contributed by atoms with Gasteiger partial charge >= 0.3 is 0 Å². The molecule has 0 aromatic carbocycles. The summed E-state index contributed by atoms with van der Waals surface area (Å²) < 4.78 is 0. The second-order valence-corrected chi connectivity index (χ2v) is 2.81. The fourth-order valence-electron chi connectivity index (χ4n) is 0.950. The summed E-state index contributed by atoms with van der Waals surface area (Å²) in [7, 11) is 0. The number of aliphatic hydroxyl groups is 1. The molecule has 1 aromatic rings. The first-order valence-corrected chi connectivity index (χ1v) is 4.40. The molecule has 2 N–H and O–H groups in total. The van der Waals surface area contributed by atoms with Gasteiger partial charge in [-0.1, -0.05) is 6.92 Å². The predicted molar refractivity (Wildman–Crippen MR) is 51.5 cm³/mol. The zero-order valence-corrected chi connectivity index (χ0v) is 7.94. The van der Waals surface area contributed by atoms with Gasteiger partial charge in [-0.25, -0.2) is 9.97 Å². The Kier molecular flexibility index (Phi) is 3.83. The molecule has 5 heteroatoms. The Morgan fingerprint density at radius 2 is 2.50 bits per heavy atom. The van der Waals surface area contributed by atoms with Crippen LogP contribution in [0.3, 0.4) is 0 Å². The SMILES string of the molecule is CCC(CO)Nc1nccc(C#N)n1. The van der Waals surface area contributed by atoms with E-state index in [1.165, 1.54) is 12.3 Å². The van der Waals surface area contributed by atoms with Gasteiger partial charge in [-0.15, -0.1) is 0 Å². The average Bonchev–Trinajstić information content (AvgIpc) is 2.26. The number of hydrogen-bond donors (Lipinski definition) is 2. The third kappa shape index (κ3) is 2.68. The molecule has 1 unspecified atom stereocenters. The van der Waals surface area contributed by atoms with E-state index in [0.717, 1.165) is 6.42 Å². The minimum Gasteiger partial charge on any atom is -0.394 e. The van der Waals surface area contributed by atoms with Gasteiger partial charge in [-0.05, 0) is 12.5 Å². The summed E-state index contributed by atoms with van der Waals surface area (Å²) in [5.41, 5.74) is 0.315. The number of rotatable bonds is 4. The molecule has 0 fully saturated rings. The number of nitrogens with one attached hydrogen (secondary N) is 1. The van der Waals surface area contributed by atoms with Gasteiger partial charge in [0.25, 0.3) is 0 Å². The van der Waals surface area contributed by atoms with E-state index in [1.807, 2.05) is 13.0 Å². The molecule has 74 valence electrons. The highest BCUT2D eigenvalue weighted by Crippen LogP contribution is 2.03. The lowest BCUT2D eigenvalue weighted by Crippen LogP contribution is -2.23. The summed E-state index contributed by atoms with van der Waals surface area (Å²) in [4.78, 5) is 7.87. The van der Waals surface area contributed by atoms with Crippen molar-refractivity contribution in [2.75, 3.05) is 11.9 Å². The maximum Gasteiger partial charge on any atom is 0.224 e. The van der Waals surface area contributed by atoms with Gasteiger partial charge in [-0.2, -0.15) is 5.26 Å². The largest absolute Gasteiger partial charge is 0.394 e. The van der Waals surface area contributed by atoms with Crippen molar-refractivity contribution in [1.82, 2.24) is 9.97 Å². The molecule has 1 rings (SSSR count). The van der Waals surface area contributed by atoms with Gasteiger partial charge in [0.2, 0.25) is 5.95 Å². The molecule has 0 aliphatic rings. The van der Waals surface area contributed by atoms with Crippen molar-refractivity contribution in [2.24, 2.45) is 0 Å². The van der Waals surface area contributed by atoms with Crippen LogP contribution in [0.25, 0.3) is 0 Å².